The van der Waals surface area contributed by atoms with E-state index in [1.54, 1.807) is 26.4 Å². The summed E-state index contributed by atoms with van der Waals surface area (Å²) in [4.78, 5) is 2.35. The molecule has 6 heteroatoms. The van der Waals surface area contributed by atoms with Crippen LogP contribution in [0.3, 0.4) is 0 Å². The number of nitrogens with one attached hydrogen (secondary N) is 1. The normalized spacial score (nSPS) is 16.4. The number of halogens is 1. The molecule has 0 aliphatic carbocycles. The summed E-state index contributed by atoms with van der Waals surface area (Å²) in [6, 6.07) is 10.7. The molecular formula is C21H27FN2O3. The van der Waals surface area contributed by atoms with Crippen molar-refractivity contribution in [3.8, 4) is 17.2 Å². The average molecular weight is 374 g/mol. The lowest BCUT2D eigenvalue weighted by molar-refractivity contribution is 0.230. The first-order valence-corrected chi connectivity index (χ1v) is 9.18. The van der Waals surface area contributed by atoms with Crippen molar-refractivity contribution in [3.05, 3.63) is 53.3 Å². The van der Waals surface area contributed by atoms with Crippen molar-refractivity contribution in [2.45, 2.75) is 12.5 Å². The van der Waals surface area contributed by atoms with Crippen LogP contribution < -0.4 is 19.5 Å². The van der Waals surface area contributed by atoms with Crippen molar-refractivity contribution in [2.24, 2.45) is 0 Å². The zero-order valence-corrected chi connectivity index (χ0v) is 16.1. The van der Waals surface area contributed by atoms with Gasteiger partial charge in [-0.3, -0.25) is 4.90 Å². The molecule has 2 aromatic rings. The number of nitrogens with zero attached hydrogens (tertiary/aromatic N) is 1. The van der Waals surface area contributed by atoms with Gasteiger partial charge in [0.1, 0.15) is 11.5 Å². The van der Waals surface area contributed by atoms with Crippen LogP contribution in [0, 0.1) is 5.82 Å². The van der Waals surface area contributed by atoms with Gasteiger partial charge in [-0.25, -0.2) is 4.39 Å². The fourth-order valence-corrected chi connectivity index (χ4v) is 3.69. The van der Waals surface area contributed by atoms with Crippen molar-refractivity contribution >= 4 is 0 Å². The number of methoxy groups -OCH3 is 3. The molecule has 0 bridgehead atoms. The van der Waals surface area contributed by atoms with Gasteiger partial charge in [-0.05, 0) is 42.8 Å². The quantitative estimate of drug-likeness (QED) is 0.841. The molecule has 0 radical (unpaired) electrons. The Bertz CT molecular complexity index is 739. The summed E-state index contributed by atoms with van der Waals surface area (Å²) < 4.78 is 30.9. The standard InChI is InChI=1S/C21H27FN2O3/c1-25-17-9-8-15(14-16(17)22)21(24-12-5-10-23-11-13-24)20-18(26-2)6-4-7-19(20)27-3/h4,6-9,14,21,23H,5,10-13H2,1-3H3. The van der Waals surface area contributed by atoms with Crippen LogP contribution in [0.1, 0.15) is 23.6 Å². The minimum Gasteiger partial charge on any atom is -0.496 e. The predicted molar refractivity (Wildman–Crippen MR) is 103 cm³/mol. The van der Waals surface area contributed by atoms with Crippen LogP contribution in [-0.2, 0) is 0 Å². The first-order valence-electron chi connectivity index (χ1n) is 9.18. The van der Waals surface area contributed by atoms with Gasteiger partial charge in [0.05, 0.1) is 32.9 Å². The minimum atomic E-state index is -0.373. The third-order valence-electron chi connectivity index (χ3n) is 4.97. The Morgan fingerprint density at radius 1 is 0.926 bits per heavy atom. The largest absolute Gasteiger partial charge is 0.496 e. The molecule has 0 aromatic heterocycles. The zero-order chi connectivity index (χ0) is 19.2. The molecule has 1 unspecified atom stereocenters. The lowest BCUT2D eigenvalue weighted by Gasteiger charge is -2.33. The van der Waals surface area contributed by atoms with Gasteiger partial charge in [0.25, 0.3) is 0 Å². The van der Waals surface area contributed by atoms with Gasteiger partial charge in [0.2, 0.25) is 0 Å². The molecule has 0 saturated carbocycles. The molecule has 1 aliphatic rings. The second kappa shape index (κ2) is 9.06. The van der Waals surface area contributed by atoms with Gasteiger partial charge in [-0.2, -0.15) is 0 Å². The first kappa shape index (κ1) is 19.5. The van der Waals surface area contributed by atoms with Gasteiger partial charge in [-0.1, -0.05) is 12.1 Å². The first-order chi connectivity index (χ1) is 13.2. The van der Waals surface area contributed by atoms with Gasteiger partial charge < -0.3 is 19.5 Å². The summed E-state index contributed by atoms with van der Waals surface area (Å²) in [5.74, 6) is 1.32. The highest BCUT2D eigenvalue weighted by Crippen LogP contribution is 2.41. The van der Waals surface area contributed by atoms with Crippen LogP contribution in [-0.4, -0.2) is 52.4 Å². The SMILES string of the molecule is COc1ccc(C(c2c(OC)cccc2OC)N2CCCNCC2)cc1F. The van der Waals surface area contributed by atoms with E-state index in [0.29, 0.717) is 0 Å². The molecule has 27 heavy (non-hydrogen) atoms. The van der Waals surface area contributed by atoms with Crippen LogP contribution in [0.4, 0.5) is 4.39 Å². The molecule has 1 heterocycles. The molecular weight excluding hydrogens is 347 g/mol. The van der Waals surface area contributed by atoms with E-state index in [2.05, 4.69) is 10.2 Å². The molecule has 0 amide bonds. The summed E-state index contributed by atoms with van der Waals surface area (Å²) in [6.07, 6.45) is 1.02. The van der Waals surface area contributed by atoms with Crippen LogP contribution in [0.15, 0.2) is 36.4 Å². The Morgan fingerprint density at radius 2 is 1.63 bits per heavy atom. The number of ether oxygens (including phenoxy) is 3. The summed E-state index contributed by atoms with van der Waals surface area (Å²) in [6.45, 7) is 3.60. The van der Waals surface area contributed by atoms with E-state index in [-0.39, 0.29) is 17.6 Å². The molecule has 5 nitrogen and oxygen atoms in total. The smallest absolute Gasteiger partial charge is 0.165 e. The fourth-order valence-electron chi connectivity index (χ4n) is 3.69. The van der Waals surface area contributed by atoms with Crippen LogP contribution in [0.25, 0.3) is 0 Å². The molecule has 1 saturated heterocycles. The minimum absolute atomic E-state index is 0.184. The molecule has 0 spiro atoms. The lowest BCUT2D eigenvalue weighted by Crippen LogP contribution is -2.33. The summed E-state index contributed by atoms with van der Waals surface area (Å²) in [5, 5.41) is 3.42. The lowest BCUT2D eigenvalue weighted by atomic mass is 9.94. The number of benzene rings is 2. The molecule has 1 atom stereocenters. The second-order valence-corrected chi connectivity index (χ2v) is 6.51. The van der Waals surface area contributed by atoms with E-state index in [0.717, 1.165) is 55.2 Å². The highest BCUT2D eigenvalue weighted by Gasteiger charge is 2.29. The maximum Gasteiger partial charge on any atom is 0.165 e. The highest BCUT2D eigenvalue weighted by atomic mass is 19.1. The maximum absolute atomic E-state index is 14.5. The van der Waals surface area contributed by atoms with Crippen molar-refractivity contribution in [2.75, 3.05) is 47.5 Å². The van der Waals surface area contributed by atoms with E-state index >= 15 is 0 Å². The zero-order valence-electron chi connectivity index (χ0n) is 16.1. The van der Waals surface area contributed by atoms with Crippen molar-refractivity contribution in [1.82, 2.24) is 10.2 Å². The number of hydrogen-bond acceptors (Lipinski definition) is 5. The van der Waals surface area contributed by atoms with E-state index in [1.807, 2.05) is 24.3 Å². The maximum atomic E-state index is 14.5. The Balaban J connectivity index is 2.15. The molecule has 1 N–H and O–H groups in total. The van der Waals surface area contributed by atoms with Crippen molar-refractivity contribution in [1.29, 1.82) is 0 Å². The van der Waals surface area contributed by atoms with Gasteiger partial charge >= 0.3 is 0 Å². The monoisotopic (exact) mass is 374 g/mol. The van der Waals surface area contributed by atoms with Crippen molar-refractivity contribution < 1.29 is 18.6 Å². The van der Waals surface area contributed by atoms with Crippen molar-refractivity contribution in [3.63, 3.8) is 0 Å². The predicted octanol–water partition coefficient (Wildman–Crippen LogP) is 3.24. The number of rotatable bonds is 6. The van der Waals surface area contributed by atoms with Gasteiger partial charge in [0.15, 0.2) is 11.6 Å². The van der Waals surface area contributed by atoms with Gasteiger partial charge in [0, 0.05) is 19.6 Å². The number of hydrogen-bond donors (Lipinski definition) is 1. The molecule has 2 aromatic carbocycles. The average Bonchev–Trinajstić information content (AvgIpc) is 2.98. The summed E-state index contributed by atoms with van der Waals surface area (Å²) >= 11 is 0. The summed E-state index contributed by atoms with van der Waals surface area (Å²) in [7, 11) is 4.77. The Kier molecular flexibility index (Phi) is 6.53. The van der Waals surface area contributed by atoms with Crippen LogP contribution in [0.2, 0.25) is 0 Å². The third-order valence-corrected chi connectivity index (χ3v) is 4.97. The van der Waals surface area contributed by atoms with Crippen LogP contribution in [0.5, 0.6) is 17.2 Å². The van der Waals surface area contributed by atoms with Crippen LogP contribution >= 0.6 is 0 Å². The Hall–Kier alpha value is -2.31. The molecule has 1 fully saturated rings. The van der Waals surface area contributed by atoms with E-state index in [4.69, 9.17) is 14.2 Å². The fraction of sp³-hybridized carbons (Fsp3) is 0.429. The summed E-state index contributed by atoms with van der Waals surface area (Å²) in [5.41, 5.74) is 1.76. The molecule has 146 valence electrons. The highest BCUT2D eigenvalue weighted by molar-refractivity contribution is 5.51. The van der Waals surface area contributed by atoms with E-state index in [1.165, 1.54) is 7.11 Å². The van der Waals surface area contributed by atoms with E-state index < -0.39 is 0 Å². The van der Waals surface area contributed by atoms with Gasteiger partial charge in [-0.15, -0.1) is 0 Å². The second-order valence-electron chi connectivity index (χ2n) is 6.51. The topological polar surface area (TPSA) is 43.0 Å². The Morgan fingerprint density at radius 3 is 2.26 bits per heavy atom. The third kappa shape index (κ3) is 4.17. The van der Waals surface area contributed by atoms with E-state index in [9.17, 15) is 4.39 Å². The molecule has 3 rings (SSSR count). The Labute approximate surface area is 160 Å². The molecule has 1 aliphatic heterocycles.